The number of carbonyl (C=O) groups excluding carboxylic acids is 1. The first kappa shape index (κ1) is 12.8. The van der Waals surface area contributed by atoms with Gasteiger partial charge in [-0.15, -0.1) is 6.58 Å². The molecule has 2 aromatic rings. The van der Waals surface area contributed by atoms with Crippen LogP contribution in [0.1, 0.15) is 12.8 Å². The fourth-order valence-corrected chi connectivity index (χ4v) is 2.30. The zero-order valence-corrected chi connectivity index (χ0v) is 11.5. The monoisotopic (exact) mass is 303 g/mol. The van der Waals surface area contributed by atoms with Crippen LogP contribution >= 0.6 is 15.9 Å². The molecule has 18 heavy (non-hydrogen) atoms. The van der Waals surface area contributed by atoms with Crippen LogP contribution in [0.15, 0.2) is 53.5 Å². The van der Waals surface area contributed by atoms with Crippen LogP contribution in [0.4, 0.5) is 5.69 Å². The third-order valence-corrected chi connectivity index (χ3v) is 3.41. The molecule has 0 bridgehead atoms. The number of nitrogens with one attached hydrogen (secondary N) is 1. The number of carbonyl (C=O) groups is 1. The van der Waals surface area contributed by atoms with Crippen molar-refractivity contribution >= 4 is 38.3 Å². The molecule has 0 heterocycles. The quantitative estimate of drug-likeness (QED) is 0.827. The molecule has 0 aliphatic carbocycles. The van der Waals surface area contributed by atoms with Gasteiger partial charge in [0.15, 0.2) is 0 Å². The molecule has 0 saturated carbocycles. The lowest BCUT2D eigenvalue weighted by Crippen LogP contribution is -2.10. The van der Waals surface area contributed by atoms with Crippen molar-refractivity contribution in [2.24, 2.45) is 0 Å². The summed E-state index contributed by atoms with van der Waals surface area (Å²) in [5.74, 6) is 0.0161. The zero-order valence-electron chi connectivity index (χ0n) is 9.95. The number of anilines is 1. The predicted octanol–water partition coefficient (Wildman–Crippen LogP) is 4.51. The molecule has 0 atom stereocenters. The number of amides is 1. The van der Waals surface area contributed by atoms with Gasteiger partial charge >= 0.3 is 0 Å². The van der Waals surface area contributed by atoms with E-state index in [1.807, 2.05) is 36.4 Å². The summed E-state index contributed by atoms with van der Waals surface area (Å²) in [5, 5.41) is 5.08. The summed E-state index contributed by atoms with van der Waals surface area (Å²) in [4.78, 5) is 11.7. The topological polar surface area (TPSA) is 29.1 Å². The van der Waals surface area contributed by atoms with Crippen LogP contribution in [-0.2, 0) is 4.79 Å². The van der Waals surface area contributed by atoms with Crippen molar-refractivity contribution in [3.63, 3.8) is 0 Å². The summed E-state index contributed by atoms with van der Waals surface area (Å²) in [6, 6.07) is 11.8. The minimum atomic E-state index is 0.0161. The van der Waals surface area contributed by atoms with E-state index in [1.165, 1.54) is 0 Å². The van der Waals surface area contributed by atoms with Gasteiger partial charge in [0.2, 0.25) is 5.91 Å². The number of hydrogen-bond acceptors (Lipinski definition) is 1. The van der Waals surface area contributed by atoms with E-state index in [0.29, 0.717) is 12.8 Å². The Bertz CT molecular complexity index is 592. The van der Waals surface area contributed by atoms with Crippen LogP contribution < -0.4 is 5.32 Å². The Morgan fingerprint density at radius 2 is 1.94 bits per heavy atom. The minimum Gasteiger partial charge on any atom is -0.326 e. The van der Waals surface area contributed by atoms with E-state index in [4.69, 9.17) is 0 Å². The third kappa shape index (κ3) is 2.79. The van der Waals surface area contributed by atoms with Crippen LogP contribution in [0, 0.1) is 0 Å². The highest BCUT2D eigenvalue weighted by Crippen LogP contribution is 2.29. The van der Waals surface area contributed by atoms with Gasteiger partial charge in [0.1, 0.15) is 0 Å². The van der Waals surface area contributed by atoms with E-state index in [1.54, 1.807) is 6.08 Å². The maximum absolute atomic E-state index is 11.7. The van der Waals surface area contributed by atoms with Gasteiger partial charge in [-0.05, 0) is 23.9 Å². The van der Waals surface area contributed by atoms with Crippen LogP contribution in [0.25, 0.3) is 10.8 Å². The molecule has 0 fully saturated rings. The average molecular weight is 304 g/mol. The van der Waals surface area contributed by atoms with Gasteiger partial charge in [0.25, 0.3) is 0 Å². The average Bonchev–Trinajstić information content (AvgIpc) is 2.40. The molecule has 0 spiro atoms. The Balaban J connectivity index is 2.31. The summed E-state index contributed by atoms with van der Waals surface area (Å²) in [5.41, 5.74) is 0.850. The first-order chi connectivity index (χ1) is 8.72. The molecule has 0 unspecified atom stereocenters. The number of fused-ring (bicyclic) bond motifs is 1. The maximum atomic E-state index is 11.7. The summed E-state index contributed by atoms with van der Waals surface area (Å²) >= 11 is 3.51. The van der Waals surface area contributed by atoms with Gasteiger partial charge in [-0.25, -0.2) is 0 Å². The SMILES string of the molecule is C=CCCC(=O)Nc1ccc(Br)c2ccccc12. The smallest absolute Gasteiger partial charge is 0.224 e. The molecule has 2 rings (SSSR count). The summed E-state index contributed by atoms with van der Waals surface area (Å²) in [6.45, 7) is 3.62. The second kappa shape index (κ2) is 5.83. The molecule has 2 nitrogen and oxygen atoms in total. The predicted molar refractivity (Wildman–Crippen MR) is 79.7 cm³/mol. The van der Waals surface area contributed by atoms with Crippen molar-refractivity contribution in [2.75, 3.05) is 5.32 Å². The zero-order chi connectivity index (χ0) is 13.0. The molecule has 0 radical (unpaired) electrons. The van der Waals surface area contributed by atoms with E-state index in [0.717, 1.165) is 20.9 Å². The Kier molecular flexibility index (Phi) is 4.15. The standard InChI is InChI=1S/C15H14BrNO/c1-2-3-8-15(18)17-14-10-9-13(16)11-6-4-5-7-12(11)14/h2,4-7,9-10H,1,3,8H2,(H,17,18). The van der Waals surface area contributed by atoms with E-state index in [9.17, 15) is 4.79 Å². The van der Waals surface area contributed by atoms with Gasteiger partial charge in [-0.2, -0.15) is 0 Å². The van der Waals surface area contributed by atoms with E-state index in [-0.39, 0.29) is 5.91 Å². The minimum absolute atomic E-state index is 0.0161. The van der Waals surface area contributed by atoms with Crippen molar-refractivity contribution < 1.29 is 4.79 Å². The van der Waals surface area contributed by atoms with E-state index < -0.39 is 0 Å². The van der Waals surface area contributed by atoms with Crippen LogP contribution in [0.5, 0.6) is 0 Å². The molecule has 0 saturated heterocycles. The molecular formula is C15H14BrNO. The number of halogens is 1. The lowest BCUT2D eigenvalue weighted by molar-refractivity contribution is -0.116. The summed E-state index contributed by atoms with van der Waals surface area (Å²) in [6.07, 6.45) is 2.91. The highest BCUT2D eigenvalue weighted by Gasteiger charge is 2.06. The van der Waals surface area contributed by atoms with Crippen molar-refractivity contribution in [2.45, 2.75) is 12.8 Å². The molecule has 3 heteroatoms. The Hall–Kier alpha value is -1.61. The number of rotatable bonds is 4. The van der Waals surface area contributed by atoms with Gasteiger partial charge in [-0.1, -0.05) is 46.3 Å². The lowest BCUT2D eigenvalue weighted by Gasteiger charge is -2.09. The second-order valence-electron chi connectivity index (χ2n) is 4.02. The fourth-order valence-electron chi connectivity index (χ4n) is 1.82. The Morgan fingerprint density at radius 3 is 2.67 bits per heavy atom. The van der Waals surface area contributed by atoms with E-state index >= 15 is 0 Å². The largest absolute Gasteiger partial charge is 0.326 e. The second-order valence-corrected chi connectivity index (χ2v) is 4.87. The maximum Gasteiger partial charge on any atom is 0.224 e. The van der Waals surface area contributed by atoms with Crippen molar-refractivity contribution in [3.05, 3.63) is 53.5 Å². The number of hydrogen-bond donors (Lipinski definition) is 1. The van der Waals surface area contributed by atoms with Crippen molar-refractivity contribution in [1.82, 2.24) is 0 Å². The Morgan fingerprint density at radius 1 is 1.22 bits per heavy atom. The van der Waals surface area contributed by atoms with Gasteiger partial charge < -0.3 is 5.32 Å². The van der Waals surface area contributed by atoms with E-state index in [2.05, 4.69) is 27.8 Å². The van der Waals surface area contributed by atoms with Gasteiger partial charge in [-0.3, -0.25) is 4.79 Å². The molecule has 1 amide bonds. The first-order valence-electron chi connectivity index (χ1n) is 5.80. The highest BCUT2D eigenvalue weighted by molar-refractivity contribution is 9.10. The molecule has 92 valence electrons. The molecule has 0 aromatic heterocycles. The summed E-state index contributed by atoms with van der Waals surface area (Å²) in [7, 11) is 0. The molecule has 1 N–H and O–H groups in total. The van der Waals surface area contributed by atoms with Crippen molar-refractivity contribution in [3.8, 4) is 0 Å². The molecular weight excluding hydrogens is 290 g/mol. The van der Waals surface area contributed by atoms with Gasteiger partial charge in [0.05, 0.1) is 0 Å². The number of benzene rings is 2. The molecule has 0 aliphatic heterocycles. The van der Waals surface area contributed by atoms with Crippen LogP contribution in [0.3, 0.4) is 0 Å². The first-order valence-corrected chi connectivity index (χ1v) is 6.59. The van der Waals surface area contributed by atoms with Crippen molar-refractivity contribution in [1.29, 1.82) is 0 Å². The normalized spacial score (nSPS) is 10.3. The Labute approximate surface area is 115 Å². The molecule has 2 aromatic carbocycles. The third-order valence-electron chi connectivity index (χ3n) is 2.72. The number of allylic oxidation sites excluding steroid dienone is 1. The van der Waals surface area contributed by atoms with Crippen LogP contribution in [0.2, 0.25) is 0 Å². The molecule has 0 aliphatic rings. The lowest BCUT2D eigenvalue weighted by atomic mass is 10.1. The summed E-state index contributed by atoms with van der Waals surface area (Å²) < 4.78 is 1.03. The van der Waals surface area contributed by atoms with Gasteiger partial charge in [0, 0.05) is 22.0 Å². The highest BCUT2D eigenvalue weighted by atomic mass is 79.9. The fraction of sp³-hybridized carbons (Fsp3) is 0.133. The van der Waals surface area contributed by atoms with Crippen LogP contribution in [-0.4, -0.2) is 5.91 Å².